The first kappa shape index (κ1) is 14.5. The van der Waals surface area contributed by atoms with Gasteiger partial charge in [-0.3, -0.25) is 14.2 Å². The summed E-state index contributed by atoms with van der Waals surface area (Å²) in [5.74, 6) is -1.06. The Kier molecular flexibility index (Phi) is 5.63. The Morgan fingerprint density at radius 3 is 2.67 bits per heavy atom. The van der Waals surface area contributed by atoms with E-state index in [1.165, 1.54) is 6.33 Å². The number of hydrogen-bond donors (Lipinski definition) is 1. The zero-order chi connectivity index (χ0) is 13.5. The number of carbonyl (C=O) groups is 2. The second-order valence-electron chi connectivity index (χ2n) is 3.49. The minimum absolute atomic E-state index is 0.0306. The van der Waals surface area contributed by atoms with E-state index in [9.17, 15) is 9.59 Å². The number of carboxylic acids is 1. The average Bonchev–Trinajstić information content (AvgIpc) is 2.75. The largest absolute Gasteiger partial charge is 0.481 e. The number of thioether (sulfide) groups is 1. The van der Waals surface area contributed by atoms with Gasteiger partial charge in [-0.15, -0.1) is 10.2 Å². The molecule has 7 nitrogen and oxygen atoms in total. The summed E-state index contributed by atoms with van der Waals surface area (Å²) in [5, 5.41) is 16.5. The Bertz CT molecular complexity index is 417. The van der Waals surface area contributed by atoms with Gasteiger partial charge in [-0.1, -0.05) is 11.8 Å². The molecule has 1 rings (SSSR count). The van der Waals surface area contributed by atoms with E-state index in [0.717, 1.165) is 11.8 Å². The van der Waals surface area contributed by atoms with Gasteiger partial charge in [0.2, 0.25) is 5.91 Å². The minimum Gasteiger partial charge on any atom is -0.481 e. The van der Waals surface area contributed by atoms with Crippen molar-refractivity contribution in [2.24, 2.45) is 0 Å². The summed E-state index contributed by atoms with van der Waals surface area (Å²) in [5.41, 5.74) is 0. The highest BCUT2D eigenvalue weighted by molar-refractivity contribution is 7.99. The van der Waals surface area contributed by atoms with Crippen molar-refractivity contribution in [2.45, 2.75) is 25.5 Å². The lowest BCUT2D eigenvalue weighted by atomic mass is 10.4. The predicted octanol–water partition coefficient (Wildman–Crippen LogP) is 0.323. The summed E-state index contributed by atoms with van der Waals surface area (Å²) in [6.07, 6.45) is 1.44. The summed E-state index contributed by atoms with van der Waals surface area (Å²) < 4.78 is 1.56. The van der Waals surface area contributed by atoms with E-state index >= 15 is 0 Å². The maximum atomic E-state index is 11.9. The molecule has 0 bridgehead atoms. The number of hydrogen-bond acceptors (Lipinski definition) is 5. The predicted molar refractivity (Wildman–Crippen MR) is 66.3 cm³/mol. The molecule has 1 aromatic heterocycles. The summed E-state index contributed by atoms with van der Waals surface area (Å²) in [4.78, 5) is 24.1. The highest BCUT2D eigenvalue weighted by Crippen LogP contribution is 2.14. The number of likely N-dealkylation sites (N-methyl/N-ethyl adjacent to an activating group) is 1. The van der Waals surface area contributed by atoms with Gasteiger partial charge in [0.05, 0.1) is 5.75 Å². The Hall–Kier alpha value is -1.57. The molecule has 0 spiro atoms. The van der Waals surface area contributed by atoms with Gasteiger partial charge in [-0.05, 0) is 13.8 Å². The van der Waals surface area contributed by atoms with E-state index in [1.54, 1.807) is 9.47 Å². The molecule has 0 saturated heterocycles. The third kappa shape index (κ3) is 4.02. The number of aliphatic carboxylic acids is 1. The highest BCUT2D eigenvalue weighted by Gasteiger charge is 2.14. The molecule has 0 aliphatic rings. The molecule has 18 heavy (non-hydrogen) atoms. The number of aromatic nitrogens is 3. The van der Waals surface area contributed by atoms with E-state index in [2.05, 4.69) is 10.2 Å². The average molecular weight is 272 g/mol. The number of carbonyl (C=O) groups excluding carboxylic acids is 1. The van der Waals surface area contributed by atoms with Crippen LogP contribution in [-0.2, 0) is 16.1 Å². The van der Waals surface area contributed by atoms with Crippen LogP contribution in [0.3, 0.4) is 0 Å². The molecule has 0 atom stereocenters. The van der Waals surface area contributed by atoms with Crippen molar-refractivity contribution in [1.29, 1.82) is 0 Å². The topological polar surface area (TPSA) is 88.3 Å². The van der Waals surface area contributed by atoms with Crippen LogP contribution in [0.25, 0.3) is 0 Å². The number of carboxylic acid groups (broad SMARTS) is 1. The van der Waals surface area contributed by atoms with Crippen molar-refractivity contribution >= 4 is 23.6 Å². The number of amides is 1. The standard InChI is InChI=1S/C10H16N4O3S/c1-3-13(4-2)8(15)5-14-7-11-12-10(14)18-6-9(16)17/h7H,3-6H2,1-2H3,(H,16,17). The van der Waals surface area contributed by atoms with E-state index in [4.69, 9.17) is 5.11 Å². The third-order valence-electron chi connectivity index (χ3n) is 2.33. The van der Waals surface area contributed by atoms with Crippen molar-refractivity contribution in [1.82, 2.24) is 19.7 Å². The summed E-state index contributed by atoms with van der Waals surface area (Å²) >= 11 is 1.05. The summed E-state index contributed by atoms with van der Waals surface area (Å²) in [6, 6.07) is 0. The first-order chi connectivity index (χ1) is 8.58. The molecule has 1 heterocycles. The summed E-state index contributed by atoms with van der Waals surface area (Å²) in [7, 11) is 0. The third-order valence-corrected chi connectivity index (χ3v) is 3.29. The molecular formula is C10H16N4O3S. The highest BCUT2D eigenvalue weighted by atomic mass is 32.2. The van der Waals surface area contributed by atoms with Crippen molar-refractivity contribution < 1.29 is 14.7 Å². The fourth-order valence-electron chi connectivity index (χ4n) is 1.41. The second-order valence-corrected chi connectivity index (χ2v) is 4.43. The molecule has 1 aromatic rings. The van der Waals surface area contributed by atoms with E-state index in [-0.39, 0.29) is 18.2 Å². The van der Waals surface area contributed by atoms with Gasteiger partial charge in [-0.2, -0.15) is 0 Å². The second kappa shape index (κ2) is 7.00. The lowest BCUT2D eigenvalue weighted by Crippen LogP contribution is -2.33. The molecule has 0 aliphatic carbocycles. The molecular weight excluding hydrogens is 256 g/mol. The van der Waals surface area contributed by atoms with Gasteiger partial charge in [0.25, 0.3) is 0 Å². The molecule has 0 radical (unpaired) electrons. The van der Waals surface area contributed by atoms with Gasteiger partial charge in [0.15, 0.2) is 5.16 Å². The fourth-order valence-corrected chi connectivity index (χ4v) is 2.05. The van der Waals surface area contributed by atoms with Gasteiger partial charge in [0.1, 0.15) is 12.9 Å². The van der Waals surface area contributed by atoms with Gasteiger partial charge in [0, 0.05) is 13.1 Å². The lowest BCUT2D eigenvalue weighted by Gasteiger charge is -2.18. The van der Waals surface area contributed by atoms with E-state index in [0.29, 0.717) is 18.2 Å². The Balaban J connectivity index is 2.64. The molecule has 0 aromatic carbocycles. The Labute approximate surface area is 109 Å². The van der Waals surface area contributed by atoms with Crippen LogP contribution in [0.5, 0.6) is 0 Å². The monoisotopic (exact) mass is 272 g/mol. The lowest BCUT2D eigenvalue weighted by molar-refractivity contribution is -0.134. The molecule has 0 aliphatic heterocycles. The zero-order valence-corrected chi connectivity index (χ0v) is 11.2. The first-order valence-electron chi connectivity index (χ1n) is 5.58. The van der Waals surface area contributed by atoms with Crippen LogP contribution >= 0.6 is 11.8 Å². The summed E-state index contributed by atoms with van der Waals surface area (Å²) in [6.45, 7) is 5.25. The van der Waals surface area contributed by atoms with Gasteiger partial charge >= 0.3 is 5.97 Å². The van der Waals surface area contributed by atoms with E-state index < -0.39 is 5.97 Å². The SMILES string of the molecule is CCN(CC)C(=O)Cn1cnnc1SCC(=O)O. The Morgan fingerprint density at radius 2 is 2.11 bits per heavy atom. The quantitative estimate of drug-likeness (QED) is 0.719. The number of rotatable bonds is 7. The molecule has 1 amide bonds. The smallest absolute Gasteiger partial charge is 0.313 e. The van der Waals surface area contributed by atoms with Gasteiger partial charge < -0.3 is 10.0 Å². The maximum absolute atomic E-state index is 11.9. The van der Waals surface area contributed by atoms with Crippen molar-refractivity contribution in [3.63, 3.8) is 0 Å². The van der Waals surface area contributed by atoms with Crippen LogP contribution in [0.2, 0.25) is 0 Å². The van der Waals surface area contributed by atoms with Crippen molar-refractivity contribution in [2.75, 3.05) is 18.8 Å². The first-order valence-corrected chi connectivity index (χ1v) is 6.57. The molecule has 8 heteroatoms. The van der Waals surface area contributed by atoms with Crippen LogP contribution < -0.4 is 0 Å². The zero-order valence-electron chi connectivity index (χ0n) is 10.4. The maximum Gasteiger partial charge on any atom is 0.313 e. The molecule has 100 valence electrons. The molecule has 0 unspecified atom stereocenters. The molecule has 1 N–H and O–H groups in total. The molecule has 0 saturated carbocycles. The van der Waals surface area contributed by atoms with E-state index in [1.807, 2.05) is 13.8 Å². The van der Waals surface area contributed by atoms with Gasteiger partial charge in [-0.25, -0.2) is 0 Å². The van der Waals surface area contributed by atoms with Crippen LogP contribution in [0, 0.1) is 0 Å². The van der Waals surface area contributed by atoms with Crippen molar-refractivity contribution in [3.8, 4) is 0 Å². The Morgan fingerprint density at radius 1 is 1.44 bits per heavy atom. The van der Waals surface area contributed by atoms with Crippen LogP contribution in [0.15, 0.2) is 11.5 Å². The fraction of sp³-hybridized carbons (Fsp3) is 0.600. The van der Waals surface area contributed by atoms with Crippen molar-refractivity contribution in [3.05, 3.63) is 6.33 Å². The molecule has 0 fully saturated rings. The van der Waals surface area contributed by atoms with Crippen LogP contribution in [-0.4, -0.2) is 55.5 Å². The minimum atomic E-state index is -0.926. The number of nitrogens with zero attached hydrogens (tertiary/aromatic N) is 4. The van der Waals surface area contributed by atoms with Crippen LogP contribution in [0.1, 0.15) is 13.8 Å². The normalized spacial score (nSPS) is 10.3. The van der Waals surface area contributed by atoms with Crippen LogP contribution in [0.4, 0.5) is 0 Å².